The molecular formula is C17H17N3O4S. The predicted molar refractivity (Wildman–Crippen MR) is 95.1 cm³/mol. The van der Waals surface area contributed by atoms with Crippen LogP contribution in [0.5, 0.6) is 5.75 Å². The third-order valence-electron chi connectivity index (χ3n) is 3.38. The molecule has 0 saturated heterocycles. The molecule has 7 nitrogen and oxygen atoms in total. The number of furan rings is 1. The Morgan fingerprint density at radius 1 is 1.36 bits per heavy atom. The number of hydrogen-bond donors (Lipinski definition) is 1. The summed E-state index contributed by atoms with van der Waals surface area (Å²) in [6.45, 7) is 2.41. The van der Waals surface area contributed by atoms with Crippen molar-refractivity contribution in [2.75, 3.05) is 25.5 Å². The van der Waals surface area contributed by atoms with Gasteiger partial charge in [0.1, 0.15) is 12.3 Å². The summed E-state index contributed by atoms with van der Waals surface area (Å²) in [5.74, 6) is 0.274. The van der Waals surface area contributed by atoms with Crippen molar-refractivity contribution in [2.45, 2.75) is 6.92 Å². The number of likely N-dealkylation sites (N-methyl/N-ethyl adjacent to an activating group) is 1. The zero-order valence-electron chi connectivity index (χ0n) is 13.8. The lowest BCUT2D eigenvalue weighted by molar-refractivity contribution is -0.116. The minimum Gasteiger partial charge on any atom is -0.494 e. The summed E-state index contributed by atoms with van der Waals surface area (Å²) >= 11 is 1.35. The zero-order chi connectivity index (χ0) is 17.8. The van der Waals surface area contributed by atoms with E-state index in [9.17, 15) is 9.59 Å². The molecule has 0 saturated carbocycles. The van der Waals surface area contributed by atoms with Crippen LogP contribution < -0.4 is 10.1 Å². The molecule has 25 heavy (non-hydrogen) atoms. The minimum absolute atomic E-state index is 0.0976. The Hall–Kier alpha value is -2.87. The number of benzene rings is 1. The highest BCUT2D eigenvalue weighted by molar-refractivity contribution is 7.22. The van der Waals surface area contributed by atoms with Crippen LogP contribution in [0.4, 0.5) is 5.13 Å². The average Bonchev–Trinajstić information content (AvgIpc) is 3.22. The Bertz CT molecular complexity index is 889. The van der Waals surface area contributed by atoms with Crippen LogP contribution in [0.25, 0.3) is 10.2 Å². The Kier molecular flexibility index (Phi) is 4.99. The number of nitrogens with one attached hydrogen (secondary N) is 1. The Morgan fingerprint density at radius 2 is 2.20 bits per heavy atom. The van der Waals surface area contributed by atoms with E-state index in [-0.39, 0.29) is 24.1 Å². The highest BCUT2D eigenvalue weighted by atomic mass is 32.1. The average molecular weight is 359 g/mol. The van der Waals surface area contributed by atoms with Crippen LogP contribution in [0.15, 0.2) is 41.0 Å². The molecule has 0 radical (unpaired) electrons. The monoisotopic (exact) mass is 359 g/mol. The number of carbonyl (C=O) groups is 2. The van der Waals surface area contributed by atoms with Crippen molar-refractivity contribution < 1.29 is 18.7 Å². The molecule has 0 aliphatic rings. The summed E-state index contributed by atoms with van der Waals surface area (Å²) in [5, 5.41) is 3.20. The zero-order valence-corrected chi connectivity index (χ0v) is 14.6. The van der Waals surface area contributed by atoms with Crippen molar-refractivity contribution >= 4 is 38.5 Å². The Labute approximate surface area is 148 Å². The topological polar surface area (TPSA) is 84.7 Å². The van der Waals surface area contributed by atoms with Crippen molar-refractivity contribution in [1.82, 2.24) is 9.88 Å². The number of hydrogen-bond acceptors (Lipinski definition) is 6. The number of anilines is 1. The number of rotatable bonds is 6. The van der Waals surface area contributed by atoms with Gasteiger partial charge < -0.3 is 19.4 Å². The third-order valence-corrected chi connectivity index (χ3v) is 4.31. The smallest absolute Gasteiger partial charge is 0.289 e. The van der Waals surface area contributed by atoms with E-state index in [1.807, 2.05) is 25.1 Å². The predicted octanol–water partition coefficient (Wildman–Crippen LogP) is 3.00. The molecule has 2 aromatic heterocycles. The van der Waals surface area contributed by atoms with E-state index in [0.717, 1.165) is 16.0 Å². The van der Waals surface area contributed by atoms with Gasteiger partial charge in [-0.2, -0.15) is 0 Å². The number of carbonyl (C=O) groups excluding carboxylic acids is 2. The number of thiazole rings is 1. The number of fused-ring (bicyclic) bond motifs is 1. The van der Waals surface area contributed by atoms with Gasteiger partial charge in [-0.1, -0.05) is 11.3 Å². The molecule has 0 bridgehead atoms. The second-order valence-corrected chi connectivity index (χ2v) is 6.30. The standard InChI is InChI=1S/C17H17N3O4S/c1-3-23-11-6-7-12-14(9-11)25-17(18-12)19-15(21)10-20(2)16(22)13-5-4-8-24-13/h4-9H,3,10H2,1-2H3,(H,18,19,21). The fourth-order valence-corrected chi connectivity index (χ4v) is 3.16. The first-order chi connectivity index (χ1) is 12.1. The maximum absolute atomic E-state index is 12.1. The minimum atomic E-state index is -0.356. The van der Waals surface area contributed by atoms with E-state index < -0.39 is 0 Å². The Balaban J connectivity index is 1.64. The Morgan fingerprint density at radius 3 is 2.92 bits per heavy atom. The van der Waals surface area contributed by atoms with Gasteiger partial charge >= 0.3 is 0 Å². The van der Waals surface area contributed by atoms with Gasteiger partial charge in [-0.3, -0.25) is 9.59 Å². The molecule has 0 aliphatic carbocycles. The van der Waals surface area contributed by atoms with Crippen molar-refractivity contribution in [3.8, 4) is 5.75 Å². The molecule has 1 N–H and O–H groups in total. The van der Waals surface area contributed by atoms with Crippen LogP contribution in [0.3, 0.4) is 0 Å². The third kappa shape index (κ3) is 3.97. The molecule has 0 fully saturated rings. The van der Waals surface area contributed by atoms with Gasteiger partial charge in [-0.15, -0.1) is 0 Å². The van der Waals surface area contributed by atoms with E-state index >= 15 is 0 Å². The van der Waals surface area contributed by atoms with Gasteiger partial charge in [0.05, 0.1) is 23.1 Å². The van der Waals surface area contributed by atoms with Gasteiger partial charge in [0.15, 0.2) is 10.9 Å². The number of nitrogens with zero attached hydrogens (tertiary/aromatic N) is 2. The lowest BCUT2D eigenvalue weighted by Crippen LogP contribution is -2.34. The molecule has 0 spiro atoms. The number of ether oxygens (including phenoxy) is 1. The fraction of sp³-hybridized carbons (Fsp3) is 0.235. The first-order valence-electron chi connectivity index (χ1n) is 7.69. The van der Waals surface area contributed by atoms with Crippen LogP contribution >= 0.6 is 11.3 Å². The highest BCUT2D eigenvalue weighted by Crippen LogP contribution is 2.29. The van der Waals surface area contributed by atoms with Crippen LogP contribution in [0.2, 0.25) is 0 Å². The summed E-state index contributed by atoms with van der Waals surface area (Å²) in [4.78, 5) is 29.9. The van der Waals surface area contributed by atoms with Gasteiger partial charge in [-0.05, 0) is 37.3 Å². The first kappa shape index (κ1) is 17.0. The molecule has 1 aromatic carbocycles. The fourth-order valence-electron chi connectivity index (χ4n) is 2.25. The second kappa shape index (κ2) is 7.35. The molecule has 0 unspecified atom stereocenters. The normalized spacial score (nSPS) is 10.6. The van der Waals surface area contributed by atoms with E-state index in [1.165, 1.54) is 29.5 Å². The molecule has 2 amide bonds. The molecule has 3 rings (SSSR count). The molecular weight excluding hydrogens is 342 g/mol. The van der Waals surface area contributed by atoms with Crippen LogP contribution in [-0.4, -0.2) is 41.9 Å². The molecule has 8 heteroatoms. The summed E-state index contributed by atoms with van der Waals surface area (Å²) in [6.07, 6.45) is 1.42. The summed E-state index contributed by atoms with van der Waals surface area (Å²) in [5.41, 5.74) is 0.781. The summed E-state index contributed by atoms with van der Waals surface area (Å²) < 4.78 is 11.4. The van der Waals surface area contributed by atoms with E-state index in [4.69, 9.17) is 9.15 Å². The summed E-state index contributed by atoms with van der Waals surface area (Å²) in [6, 6.07) is 8.75. The van der Waals surface area contributed by atoms with Gasteiger partial charge in [0.2, 0.25) is 5.91 Å². The van der Waals surface area contributed by atoms with Crippen LogP contribution in [0.1, 0.15) is 17.5 Å². The highest BCUT2D eigenvalue weighted by Gasteiger charge is 2.18. The van der Waals surface area contributed by atoms with Gasteiger partial charge in [-0.25, -0.2) is 4.98 Å². The lowest BCUT2D eigenvalue weighted by atomic mass is 10.3. The second-order valence-electron chi connectivity index (χ2n) is 5.27. The number of aromatic nitrogens is 1. The largest absolute Gasteiger partial charge is 0.494 e. The van der Waals surface area contributed by atoms with Gasteiger partial charge in [0, 0.05) is 7.05 Å². The molecule has 0 atom stereocenters. The number of amides is 2. The maximum Gasteiger partial charge on any atom is 0.289 e. The molecule has 2 heterocycles. The van der Waals surface area contributed by atoms with Gasteiger partial charge in [0.25, 0.3) is 5.91 Å². The van der Waals surface area contributed by atoms with E-state index in [1.54, 1.807) is 12.1 Å². The van der Waals surface area contributed by atoms with E-state index in [2.05, 4.69) is 10.3 Å². The van der Waals surface area contributed by atoms with Crippen molar-refractivity contribution in [1.29, 1.82) is 0 Å². The lowest BCUT2D eigenvalue weighted by Gasteiger charge is -2.14. The quantitative estimate of drug-likeness (QED) is 0.731. The first-order valence-corrected chi connectivity index (χ1v) is 8.50. The van der Waals surface area contributed by atoms with Crippen LogP contribution in [-0.2, 0) is 4.79 Å². The molecule has 0 aliphatic heterocycles. The molecule has 130 valence electrons. The van der Waals surface area contributed by atoms with Crippen LogP contribution in [0, 0.1) is 0 Å². The van der Waals surface area contributed by atoms with Crippen molar-refractivity contribution in [3.63, 3.8) is 0 Å². The van der Waals surface area contributed by atoms with Crippen molar-refractivity contribution in [2.24, 2.45) is 0 Å². The SMILES string of the molecule is CCOc1ccc2nc(NC(=O)CN(C)C(=O)c3ccco3)sc2c1. The van der Waals surface area contributed by atoms with Crippen molar-refractivity contribution in [3.05, 3.63) is 42.4 Å². The molecule has 3 aromatic rings. The van der Waals surface area contributed by atoms with E-state index in [0.29, 0.717) is 11.7 Å². The maximum atomic E-state index is 12.1. The summed E-state index contributed by atoms with van der Waals surface area (Å²) in [7, 11) is 1.54.